The second kappa shape index (κ2) is 10.9. The number of nitrogens with zero attached hydrogens (tertiary/aromatic N) is 1. The zero-order valence-electron chi connectivity index (χ0n) is 13.3. The Kier molecular flexibility index (Phi) is 11.1. The van der Waals surface area contributed by atoms with Gasteiger partial charge in [-0.1, -0.05) is 40.0 Å². The van der Waals surface area contributed by atoms with Crippen molar-refractivity contribution in [3.63, 3.8) is 0 Å². The molecule has 0 amide bonds. The number of unbranched alkanes of at least 4 members (excludes halogenated alkanes) is 3. The number of hydrogen-bond donors (Lipinski definition) is 0. The molecule has 2 nitrogen and oxygen atoms in total. The van der Waals surface area contributed by atoms with E-state index in [1.54, 1.807) is 0 Å². The number of epoxide rings is 1. The number of hydrogen-bond acceptors (Lipinski definition) is 1. The molecular formula is C16H34ClNO. The van der Waals surface area contributed by atoms with E-state index in [-0.39, 0.29) is 12.4 Å². The molecule has 0 bridgehead atoms. The van der Waals surface area contributed by atoms with Gasteiger partial charge in [-0.15, -0.1) is 0 Å². The number of quaternary nitrogens is 1. The largest absolute Gasteiger partial charge is 1.00 e. The summed E-state index contributed by atoms with van der Waals surface area (Å²) in [6, 6.07) is 0. The van der Waals surface area contributed by atoms with Gasteiger partial charge in [0.05, 0.1) is 38.9 Å². The van der Waals surface area contributed by atoms with Crippen LogP contribution in [-0.4, -0.2) is 43.4 Å². The fourth-order valence-electron chi connectivity index (χ4n) is 2.80. The first kappa shape index (κ1) is 19.2. The highest BCUT2D eigenvalue weighted by Crippen LogP contribution is 2.20. The maximum absolute atomic E-state index is 5.41. The van der Waals surface area contributed by atoms with Crippen LogP contribution < -0.4 is 12.4 Å². The number of rotatable bonds is 12. The molecule has 1 rings (SSSR count). The lowest BCUT2D eigenvalue weighted by molar-refractivity contribution is -0.929. The summed E-state index contributed by atoms with van der Waals surface area (Å²) in [5.74, 6) is 0. The van der Waals surface area contributed by atoms with Crippen molar-refractivity contribution in [2.75, 3.05) is 32.8 Å². The lowest BCUT2D eigenvalue weighted by Gasteiger charge is -2.39. The lowest BCUT2D eigenvalue weighted by Crippen LogP contribution is -3.00. The fourth-order valence-corrected chi connectivity index (χ4v) is 2.80. The van der Waals surface area contributed by atoms with Crippen LogP contribution in [0.4, 0.5) is 0 Å². The van der Waals surface area contributed by atoms with E-state index in [0.717, 1.165) is 6.61 Å². The SMILES string of the molecule is CCCC[N+](CCCC)(CCCC)CCC1CO1.[Cl-]. The average Bonchev–Trinajstić information content (AvgIpc) is 3.21. The van der Waals surface area contributed by atoms with Gasteiger partial charge in [0.25, 0.3) is 0 Å². The minimum Gasteiger partial charge on any atom is -1.00 e. The topological polar surface area (TPSA) is 12.5 Å². The quantitative estimate of drug-likeness (QED) is 0.386. The molecule has 116 valence electrons. The Morgan fingerprint density at radius 3 is 1.58 bits per heavy atom. The number of halogens is 1. The normalized spacial score (nSPS) is 18.2. The minimum absolute atomic E-state index is 0. The van der Waals surface area contributed by atoms with E-state index in [1.807, 2.05) is 0 Å². The molecule has 1 saturated heterocycles. The summed E-state index contributed by atoms with van der Waals surface area (Å²) in [7, 11) is 0. The molecule has 0 aromatic carbocycles. The zero-order chi connectivity index (χ0) is 13.3. The molecular weight excluding hydrogens is 258 g/mol. The highest BCUT2D eigenvalue weighted by atomic mass is 35.5. The fraction of sp³-hybridized carbons (Fsp3) is 1.00. The van der Waals surface area contributed by atoms with Gasteiger partial charge in [0, 0.05) is 6.42 Å². The average molecular weight is 292 g/mol. The monoisotopic (exact) mass is 291 g/mol. The summed E-state index contributed by atoms with van der Waals surface area (Å²) in [6.45, 7) is 13.5. The van der Waals surface area contributed by atoms with Crippen LogP contribution in [0.1, 0.15) is 65.7 Å². The van der Waals surface area contributed by atoms with Crippen molar-refractivity contribution in [2.45, 2.75) is 71.8 Å². The molecule has 0 N–H and O–H groups in total. The van der Waals surface area contributed by atoms with Crippen LogP contribution in [0, 0.1) is 0 Å². The van der Waals surface area contributed by atoms with Crippen LogP contribution in [0.5, 0.6) is 0 Å². The van der Waals surface area contributed by atoms with Gasteiger partial charge in [0.2, 0.25) is 0 Å². The Labute approximate surface area is 126 Å². The van der Waals surface area contributed by atoms with Crippen LogP contribution >= 0.6 is 0 Å². The van der Waals surface area contributed by atoms with Gasteiger partial charge < -0.3 is 21.6 Å². The maximum Gasteiger partial charge on any atom is 0.0863 e. The first-order valence-electron chi connectivity index (χ1n) is 8.23. The van der Waals surface area contributed by atoms with Crippen molar-refractivity contribution in [2.24, 2.45) is 0 Å². The molecule has 0 spiro atoms. The Balaban J connectivity index is 0.00000324. The number of ether oxygens (including phenoxy) is 1. The summed E-state index contributed by atoms with van der Waals surface area (Å²) in [4.78, 5) is 0. The molecule has 3 heteroatoms. The molecule has 1 unspecified atom stereocenters. The smallest absolute Gasteiger partial charge is 0.0863 e. The zero-order valence-corrected chi connectivity index (χ0v) is 14.1. The van der Waals surface area contributed by atoms with E-state index in [9.17, 15) is 0 Å². The van der Waals surface area contributed by atoms with E-state index in [1.165, 1.54) is 75.6 Å². The molecule has 1 aliphatic rings. The van der Waals surface area contributed by atoms with Crippen molar-refractivity contribution >= 4 is 0 Å². The maximum atomic E-state index is 5.41. The molecule has 0 aromatic rings. The van der Waals surface area contributed by atoms with E-state index in [4.69, 9.17) is 4.74 Å². The van der Waals surface area contributed by atoms with Gasteiger partial charge in [-0.05, 0) is 19.3 Å². The second-order valence-corrected chi connectivity index (χ2v) is 6.04. The van der Waals surface area contributed by atoms with Gasteiger partial charge >= 0.3 is 0 Å². The summed E-state index contributed by atoms with van der Waals surface area (Å²) in [5, 5.41) is 0. The lowest BCUT2D eigenvalue weighted by atomic mass is 10.1. The van der Waals surface area contributed by atoms with Gasteiger partial charge in [-0.2, -0.15) is 0 Å². The first-order chi connectivity index (χ1) is 8.76. The van der Waals surface area contributed by atoms with Crippen molar-refractivity contribution in [1.82, 2.24) is 0 Å². The van der Waals surface area contributed by atoms with Crippen LogP contribution in [0.25, 0.3) is 0 Å². The van der Waals surface area contributed by atoms with Crippen LogP contribution in [0.15, 0.2) is 0 Å². The van der Waals surface area contributed by atoms with E-state index in [2.05, 4.69) is 20.8 Å². The van der Waals surface area contributed by atoms with E-state index < -0.39 is 0 Å². The Morgan fingerprint density at radius 1 is 0.842 bits per heavy atom. The molecule has 0 radical (unpaired) electrons. The highest BCUT2D eigenvalue weighted by molar-refractivity contribution is 4.68. The predicted molar refractivity (Wildman–Crippen MR) is 78.8 cm³/mol. The minimum atomic E-state index is 0. The van der Waals surface area contributed by atoms with E-state index >= 15 is 0 Å². The second-order valence-electron chi connectivity index (χ2n) is 6.04. The van der Waals surface area contributed by atoms with Crippen molar-refractivity contribution in [3.8, 4) is 0 Å². The first-order valence-corrected chi connectivity index (χ1v) is 8.23. The molecule has 0 aromatic heterocycles. The summed E-state index contributed by atoms with van der Waals surface area (Å²) in [6.07, 6.45) is 10.1. The molecule has 0 saturated carbocycles. The van der Waals surface area contributed by atoms with Crippen LogP contribution in [0.3, 0.4) is 0 Å². The van der Waals surface area contributed by atoms with Crippen molar-refractivity contribution in [3.05, 3.63) is 0 Å². The summed E-state index contributed by atoms with van der Waals surface area (Å²) < 4.78 is 6.78. The standard InChI is InChI=1S/C16H34NO.ClH/c1-4-7-11-17(12-8-5-2,13-9-6-3)14-10-16-15-18-16;/h16H,4-15H2,1-3H3;1H/q+1;/p-1. The van der Waals surface area contributed by atoms with Gasteiger partial charge in [0.15, 0.2) is 0 Å². The Morgan fingerprint density at radius 2 is 1.26 bits per heavy atom. The van der Waals surface area contributed by atoms with Gasteiger partial charge in [-0.25, -0.2) is 0 Å². The summed E-state index contributed by atoms with van der Waals surface area (Å²) >= 11 is 0. The highest BCUT2D eigenvalue weighted by Gasteiger charge is 2.30. The third-order valence-electron chi connectivity index (χ3n) is 4.29. The molecule has 1 atom stereocenters. The molecule has 1 heterocycles. The third kappa shape index (κ3) is 8.16. The molecule has 19 heavy (non-hydrogen) atoms. The van der Waals surface area contributed by atoms with Crippen LogP contribution in [0.2, 0.25) is 0 Å². The third-order valence-corrected chi connectivity index (χ3v) is 4.29. The Hall–Kier alpha value is 0.210. The molecule has 0 aliphatic carbocycles. The van der Waals surface area contributed by atoms with Gasteiger partial charge in [-0.3, -0.25) is 0 Å². The Bertz CT molecular complexity index is 185. The van der Waals surface area contributed by atoms with Crippen LogP contribution in [-0.2, 0) is 4.74 Å². The molecule has 1 aliphatic heterocycles. The van der Waals surface area contributed by atoms with E-state index in [0.29, 0.717) is 6.10 Å². The molecule has 1 fully saturated rings. The predicted octanol–water partition coefficient (Wildman–Crippen LogP) is 0.996. The van der Waals surface area contributed by atoms with Crippen molar-refractivity contribution < 1.29 is 21.6 Å². The summed E-state index contributed by atoms with van der Waals surface area (Å²) in [5.41, 5.74) is 0. The van der Waals surface area contributed by atoms with Crippen molar-refractivity contribution in [1.29, 1.82) is 0 Å². The van der Waals surface area contributed by atoms with Gasteiger partial charge in [0.1, 0.15) is 0 Å².